The summed E-state index contributed by atoms with van der Waals surface area (Å²) in [6.07, 6.45) is -6.46. The van der Waals surface area contributed by atoms with E-state index in [9.17, 15) is 18.3 Å². The zero-order chi connectivity index (χ0) is 18.7. The van der Waals surface area contributed by atoms with E-state index in [-0.39, 0.29) is 25.7 Å². The van der Waals surface area contributed by atoms with E-state index in [0.29, 0.717) is 0 Å². The number of hydrogen-bond acceptors (Lipinski definition) is 5. The lowest BCUT2D eigenvalue weighted by atomic mass is 9.71. The van der Waals surface area contributed by atoms with Crippen LogP contribution in [0.2, 0.25) is 0 Å². The Morgan fingerprint density at radius 2 is 2.22 bits per heavy atom. The predicted molar refractivity (Wildman–Crippen MR) is 72.9 cm³/mol. The minimum absolute atomic E-state index is 0.138. The van der Waals surface area contributed by atoms with Crippen molar-refractivity contribution in [1.29, 1.82) is 0 Å². The van der Waals surface area contributed by atoms with Crippen molar-refractivity contribution in [2.24, 2.45) is 5.92 Å². The zero-order valence-electron chi connectivity index (χ0n) is 14.9. The molecule has 0 aromatic carbocycles. The highest BCUT2D eigenvalue weighted by atomic mass is 19.4. The Hall–Kier alpha value is -0.670. The van der Waals surface area contributed by atoms with Crippen LogP contribution in [0.15, 0.2) is 12.1 Å². The molecule has 2 saturated heterocycles. The normalized spacial score (nSPS) is 50.3. The van der Waals surface area contributed by atoms with Gasteiger partial charge in [-0.05, 0) is 13.3 Å². The molecular weight excluding hydrogens is 317 g/mol. The van der Waals surface area contributed by atoms with Crippen molar-refractivity contribution < 1.29 is 40.0 Å². The Morgan fingerprint density at radius 1 is 1.52 bits per heavy atom. The van der Waals surface area contributed by atoms with Gasteiger partial charge in [-0.15, -0.1) is 0 Å². The van der Waals surface area contributed by atoms with Crippen LogP contribution in [0.5, 0.6) is 0 Å². The first-order chi connectivity index (χ1) is 11.5. The van der Waals surface area contributed by atoms with E-state index in [1.54, 1.807) is 6.92 Å². The third-order valence-corrected chi connectivity index (χ3v) is 4.58. The van der Waals surface area contributed by atoms with Crippen molar-refractivity contribution in [1.82, 2.24) is 0 Å². The van der Waals surface area contributed by atoms with Crippen LogP contribution in [0.4, 0.5) is 13.2 Å². The molecular formula is C15H21F3O5. The monoisotopic (exact) mass is 340 g/mol. The molecule has 2 fully saturated rings. The van der Waals surface area contributed by atoms with Gasteiger partial charge in [-0.2, -0.15) is 13.2 Å². The van der Waals surface area contributed by atoms with Crippen LogP contribution >= 0.6 is 0 Å². The van der Waals surface area contributed by atoms with Gasteiger partial charge < -0.3 is 24.1 Å². The van der Waals surface area contributed by atoms with Crippen molar-refractivity contribution in [2.75, 3.05) is 26.9 Å². The fourth-order valence-electron chi connectivity index (χ4n) is 3.36. The molecule has 1 aliphatic carbocycles. The van der Waals surface area contributed by atoms with Crippen LogP contribution in [0.25, 0.3) is 0 Å². The fraction of sp³-hybridized carbons (Fsp3) is 0.867. The topological polar surface area (TPSA) is 63.8 Å². The summed E-state index contributed by atoms with van der Waals surface area (Å²) < 4.78 is 73.8. The average molecular weight is 340 g/mol. The SMILES string of the molecule is [2H]C1=C[C@]2(CO2)[C@@H](C2(C)O[C@@H]2CCOCC(F)(F)F)[C@]([2H])(OC)[C@@H]1O. The van der Waals surface area contributed by atoms with Gasteiger partial charge in [-0.25, -0.2) is 0 Å². The van der Waals surface area contributed by atoms with Crippen LogP contribution in [0.1, 0.15) is 16.1 Å². The second kappa shape index (κ2) is 5.70. The third-order valence-electron chi connectivity index (χ3n) is 4.58. The molecule has 0 radical (unpaired) electrons. The minimum atomic E-state index is -4.38. The summed E-state index contributed by atoms with van der Waals surface area (Å²) in [6, 6.07) is -0.153. The minimum Gasteiger partial charge on any atom is -0.386 e. The summed E-state index contributed by atoms with van der Waals surface area (Å²) in [5.74, 6) is -0.728. The second-order valence-electron chi connectivity index (χ2n) is 6.24. The molecule has 5 nitrogen and oxygen atoms in total. The Balaban J connectivity index is 1.70. The van der Waals surface area contributed by atoms with Crippen molar-refractivity contribution in [3.05, 3.63) is 12.1 Å². The molecule has 0 bridgehead atoms. The first-order valence-electron chi connectivity index (χ1n) is 8.37. The summed E-state index contributed by atoms with van der Waals surface area (Å²) in [5, 5.41) is 10.3. The number of hydrogen-bond donors (Lipinski definition) is 1. The van der Waals surface area contributed by atoms with Gasteiger partial charge in [0.25, 0.3) is 0 Å². The van der Waals surface area contributed by atoms with Crippen LogP contribution in [0.3, 0.4) is 0 Å². The molecule has 6 atom stereocenters. The van der Waals surface area contributed by atoms with Crippen molar-refractivity contribution >= 4 is 0 Å². The number of methoxy groups -OCH3 is 1. The Labute approximate surface area is 135 Å². The lowest BCUT2D eigenvalue weighted by Crippen LogP contribution is -2.52. The summed E-state index contributed by atoms with van der Waals surface area (Å²) >= 11 is 0. The molecule has 8 heteroatoms. The van der Waals surface area contributed by atoms with Crippen molar-refractivity contribution in [3.8, 4) is 0 Å². The number of aliphatic hydroxyl groups excluding tert-OH is 1. The van der Waals surface area contributed by atoms with Gasteiger partial charge in [0.15, 0.2) is 0 Å². The number of ether oxygens (including phenoxy) is 4. The lowest BCUT2D eigenvalue weighted by Gasteiger charge is -2.38. The third kappa shape index (κ3) is 3.28. The number of alkyl halides is 3. The van der Waals surface area contributed by atoms with E-state index in [0.717, 1.165) is 0 Å². The molecule has 1 N–H and O–H groups in total. The number of aliphatic hydroxyl groups is 1. The molecule has 3 aliphatic rings. The second-order valence-corrected chi connectivity index (χ2v) is 6.24. The van der Waals surface area contributed by atoms with E-state index in [2.05, 4.69) is 4.74 Å². The molecule has 0 amide bonds. The first-order valence-corrected chi connectivity index (χ1v) is 7.37. The summed E-state index contributed by atoms with van der Waals surface area (Å²) in [4.78, 5) is 0. The number of rotatable bonds is 6. The van der Waals surface area contributed by atoms with Gasteiger partial charge in [0, 0.05) is 13.7 Å². The van der Waals surface area contributed by atoms with Gasteiger partial charge in [0.1, 0.15) is 17.8 Å². The fourth-order valence-corrected chi connectivity index (χ4v) is 3.36. The summed E-state index contributed by atoms with van der Waals surface area (Å²) in [6.45, 7) is 0.526. The Kier molecular flexibility index (Phi) is 3.63. The van der Waals surface area contributed by atoms with Crippen LogP contribution in [-0.4, -0.2) is 67.7 Å². The molecule has 132 valence electrons. The van der Waals surface area contributed by atoms with Crippen molar-refractivity contribution in [3.63, 3.8) is 0 Å². The Morgan fingerprint density at radius 3 is 2.78 bits per heavy atom. The molecule has 2 heterocycles. The highest BCUT2D eigenvalue weighted by Gasteiger charge is 2.70. The van der Waals surface area contributed by atoms with Crippen LogP contribution in [-0.2, 0) is 18.9 Å². The van der Waals surface area contributed by atoms with Gasteiger partial charge in [0.05, 0.1) is 33.6 Å². The zero-order valence-corrected chi connectivity index (χ0v) is 12.9. The van der Waals surface area contributed by atoms with E-state index >= 15 is 0 Å². The number of epoxide rings is 2. The average Bonchev–Trinajstić information content (AvgIpc) is 3.40. The lowest BCUT2D eigenvalue weighted by molar-refractivity contribution is -0.174. The molecule has 0 saturated carbocycles. The summed E-state index contributed by atoms with van der Waals surface area (Å²) in [7, 11) is 1.27. The van der Waals surface area contributed by atoms with Gasteiger partial charge in [-0.3, -0.25) is 0 Å². The largest absolute Gasteiger partial charge is 0.411 e. The van der Waals surface area contributed by atoms with E-state index < -0.39 is 48.2 Å². The molecule has 1 spiro atoms. The van der Waals surface area contributed by atoms with Gasteiger partial charge in [-0.1, -0.05) is 12.1 Å². The molecule has 1 unspecified atom stereocenters. The van der Waals surface area contributed by atoms with Crippen molar-refractivity contribution in [2.45, 2.75) is 49.0 Å². The highest BCUT2D eigenvalue weighted by Crippen LogP contribution is 2.57. The van der Waals surface area contributed by atoms with E-state index in [1.807, 2.05) is 0 Å². The Bertz CT molecular complexity index is 568. The summed E-state index contributed by atoms with van der Waals surface area (Å²) in [5.41, 5.74) is -1.85. The quantitative estimate of drug-likeness (QED) is 0.450. The molecule has 0 aromatic rings. The molecule has 3 rings (SSSR count). The predicted octanol–water partition coefficient (Wildman–Crippen LogP) is 1.44. The number of halogens is 3. The molecule has 0 aromatic heterocycles. The van der Waals surface area contributed by atoms with E-state index in [4.69, 9.17) is 17.0 Å². The van der Waals surface area contributed by atoms with Gasteiger partial charge in [0.2, 0.25) is 0 Å². The maximum atomic E-state index is 12.1. The standard InChI is InChI=1S/C15H21F3O5/c1-13(10(23-13)4-6-21-8-15(16,17)18)12-11(20-2)9(19)3-5-14(12)7-22-14/h3,5,9-12,19H,4,6-8H2,1-2H3/t9-,10-,11-,12-,13?,14+/m1/s1/i3D,11D. The highest BCUT2D eigenvalue weighted by molar-refractivity contribution is 5.28. The maximum Gasteiger partial charge on any atom is 0.411 e. The van der Waals surface area contributed by atoms with Crippen LogP contribution in [0, 0.1) is 5.92 Å². The van der Waals surface area contributed by atoms with E-state index in [1.165, 1.54) is 13.2 Å². The van der Waals surface area contributed by atoms with Gasteiger partial charge >= 0.3 is 6.18 Å². The smallest absolute Gasteiger partial charge is 0.386 e. The molecule has 23 heavy (non-hydrogen) atoms. The first kappa shape index (κ1) is 14.7. The maximum absolute atomic E-state index is 12.1. The molecule has 2 aliphatic heterocycles. The van der Waals surface area contributed by atoms with Crippen LogP contribution < -0.4 is 0 Å².